The Labute approximate surface area is 106 Å². The van der Waals surface area contributed by atoms with Crippen molar-refractivity contribution in [3.05, 3.63) is 12.2 Å². The molecule has 2 heteroatoms. The van der Waals surface area contributed by atoms with Gasteiger partial charge in [0.2, 0.25) is 0 Å². The number of nitrogens with zero attached hydrogens (tertiary/aromatic N) is 1. The second-order valence-corrected chi connectivity index (χ2v) is 5.48. The quantitative estimate of drug-likeness (QED) is 0.685. The van der Waals surface area contributed by atoms with Gasteiger partial charge in [-0.15, -0.1) is 0 Å². The summed E-state index contributed by atoms with van der Waals surface area (Å²) in [7, 11) is 0. The summed E-state index contributed by atoms with van der Waals surface area (Å²) in [5.74, 6) is 1.59. The molecular weight excluding hydrogens is 210 g/mol. The van der Waals surface area contributed by atoms with Gasteiger partial charge in [0.05, 0.1) is 0 Å². The zero-order chi connectivity index (χ0) is 13.0. The van der Waals surface area contributed by atoms with Crippen molar-refractivity contribution in [2.75, 3.05) is 19.6 Å². The number of ketones is 1. The van der Waals surface area contributed by atoms with Crippen molar-refractivity contribution in [3.8, 4) is 0 Å². The molecule has 1 saturated carbocycles. The average Bonchev–Trinajstić information content (AvgIpc) is 2.30. The van der Waals surface area contributed by atoms with E-state index in [4.69, 9.17) is 0 Å². The smallest absolute Gasteiger partial charge is 0.136 e. The highest BCUT2D eigenvalue weighted by Crippen LogP contribution is 2.35. The molecular formula is C15H27NO. The lowest BCUT2D eigenvalue weighted by Gasteiger charge is -2.36. The highest BCUT2D eigenvalue weighted by atomic mass is 16.1. The minimum Gasteiger partial charge on any atom is -0.304 e. The Hall–Kier alpha value is -0.630. The van der Waals surface area contributed by atoms with E-state index in [0.717, 1.165) is 26.1 Å². The average molecular weight is 237 g/mol. The molecule has 3 atom stereocenters. The molecule has 0 saturated heterocycles. The van der Waals surface area contributed by atoms with Gasteiger partial charge in [0.25, 0.3) is 0 Å². The van der Waals surface area contributed by atoms with Gasteiger partial charge in [0.15, 0.2) is 0 Å². The standard InChI is InChI=1S/C15H27NO/c1-6-16(7-2)10-14-8-13(11(3)4)9-15(17)12(14)5/h12-14H,3,6-10H2,1-2,4-5H3/t12-,13+,14-/m0/s1. The summed E-state index contributed by atoms with van der Waals surface area (Å²) in [6, 6.07) is 0. The van der Waals surface area contributed by atoms with Crippen molar-refractivity contribution in [2.45, 2.75) is 40.5 Å². The van der Waals surface area contributed by atoms with Gasteiger partial charge in [-0.05, 0) is 38.3 Å². The van der Waals surface area contributed by atoms with Crippen LogP contribution in [0.4, 0.5) is 0 Å². The number of hydrogen-bond acceptors (Lipinski definition) is 2. The molecule has 0 N–H and O–H groups in total. The summed E-state index contributed by atoms with van der Waals surface area (Å²) in [4.78, 5) is 14.4. The van der Waals surface area contributed by atoms with E-state index in [2.05, 4.69) is 39.2 Å². The minimum absolute atomic E-state index is 0.228. The Morgan fingerprint density at radius 3 is 2.47 bits per heavy atom. The van der Waals surface area contributed by atoms with Crippen LogP contribution in [0.3, 0.4) is 0 Å². The van der Waals surface area contributed by atoms with Crippen LogP contribution < -0.4 is 0 Å². The van der Waals surface area contributed by atoms with E-state index in [1.165, 1.54) is 5.57 Å². The SMILES string of the molecule is C=C(C)[C@H]1CC(=O)[C@@H](C)[C@H](CN(CC)CC)C1. The second-order valence-electron chi connectivity index (χ2n) is 5.48. The maximum Gasteiger partial charge on any atom is 0.136 e. The molecule has 1 aliphatic rings. The number of carbonyl (C=O) groups excluding carboxylic acids is 1. The molecule has 0 aromatic heterocycles. The van der Waals surface area contributed by atoms with E-state index >= 15 is 0 Å². The molecule has 98 valence electrons. The van der Waals surface area contributed by atoms with Crippen molar-refractivity contribution in [3.63, 3.8) is 0 Å². The number of carbonyl (C=O) groups is 1. The van der Waals surface area contributed by atoms with Gasteiger partial charge in [-0.1, -0.05) is 32.9 Å². The van der Waals surface area contributed by atoms with E-state index in [1.54, 1.807) is 0 Å². The van der Waals surface area contributed by atoms with Crippen LogP contribution in [0.2, 0.25) is 0 Å². The van der Waals surface area contributed by atoms with E-state index in [1.807, 2.05) is 0 Å². The molecule has 0 aromatic rings. The van der Waals surface area contributed by atoms with Crippen LogP contribution in [-0.2, 0) is 4.79 Å². The monoisotopic (exact) mass is 237 g/mol. The van der Waals surface area contributed by atoms with Crippen LogP contribution in [0.1, 0.15) is 40.5 Å². The first kappa shape index (κ1) is 14.4. The van der Waals surface area contributed by atoms with Gasteiger partial charge in [0, 0.05) is 18.9 Å². The fourth-order valence-electron chi connectivity index (χ4n) is 2.77. The van der Waals surface area contributed by atoms with Gasteiger partial charge in [-0.25, -0.2) is 0 Å². The summed E-state index contributed by atoms with van der Waals surface area (Å²) in [6.07, 6.45) is 1.85. The Bertz CT molecular complexity index is 281. The molecule has 17 heavy (non-hydrogen) atoms. The first-order chi connectivity index (χ1) is 7.99. The van der Waals surface area contributed by atoms with Crippen LogP contribution in [0.15, 0.2) is 12.2 Å². The lowest BCUT2D eigenvalue weighted by Crippen LogP contribution is -2.39. The van der Waals surface area contributed by atoms with Crippen molar-refractivity contribution < 1.29 is 4.79 Å². The topological polar surface area (TPSA) is 20.3 Å². The molecule has 0 radical (unpaired) electrons. The van der Waals surface area contributed by atoms with E-state index in [-0.39, 0.29) is 5.92 Å². The number of rotatable bonds is 5. The number of allylic oxidation sites excluding steroid dienone is 1. The molecule has 0 aliphatic heterocycles. The normalized spacial score (nSPS) is 29.7. The van der Waals surface area contributed by atoms with E-state index in [9.17, 15) is 4.79 Å². The maximum atomic E-state index is 12.0. The van der Waals surface area contributed by atoms with Crippen molar-refractivity contribution >= 4 is 5.78 Å². The molecule has 1 aliphatic carbocycles. The van der Waals surface area contributed by atoms with Gasteiger partial charge >= 0.3 is 0 Å². The zero-order valence-electron chi connectivity index (χ0n) is 11.8. The van der Waals surface area contributed by atoms with Gasteiger partial charge in [-0.2, -0.15) is 0 Å². The number of Topliss-reactive ketones (excluding diaryl/α,β-unsaturated/α-hetero) is 1. The van der Waals surface area contributed by atoms with Crippen molar-refractivity contribution in [1.82, 2.24) is 4.90 Å². The Morgan fingerprint density at radius 2 is 2.00 bits per heavy atom. The zero-order valence-corrected chi connectivity index (χ0v) is 11.8. The first-order valence-electron chi connectivity index (χ1n) is 6.90. The maximum absolute atomic E-state index is 12.0. The molecule has 1 fully saturated rings. The Morgan fingerprint density at radius 1 is 1.41 bits per heavy atom. The summed E-state index contributed by atoms with van der Waals surface area (Å²) < 4.78 is 0. The highest BCUT2D eigenvalue weighted by molar-refractivity contribution is 5.82. The predicted molar refractivity (Wildman–Crippen MR) is 73.0 cm³/mol. The third-order valence-electron chi connectivity index (χ3n) is 4.33. The fourth-order valence-corrected chi connectivity index (χ4v) is 2.77. The fraction of sp³-hybridized carbons (Fsp3) is 0.800. The van der Waals surface area contributed by atoms with Crippen molar-refractivity contribution in [1.29, 1.82) is 0 Å². The molecule has 0 heterocycles. The summed E-state index contributed by atoms with van der Waals surface area (Å²) >= 11 is 0. The molecule has 0 spiro atoms. The molecule has 0 amide bonds. The lowest BCUT2D eigenvalue weighted by molar-refractivity contribution is -0.127. The molecule has 0 aromatic carbocycles. The van der Waals surface area contributed by atoms with Crippen LogP contribution in [0.5, 0.6) is 0 Å². The number of hydrogen-bond donors (Lipinski definition) is 0. The van der Waals surface area contributed by atoms with Crippen molar-refractivity contribution in [2.24, 2.45) is 17.8 Å². The molecule has 1 rings (SSSR count). The molecule has 0 unspecified atom stereocenters. The third-order valence-corrected chi connectivity index (χ3v) is 4.33. The second kappa shape index (κ2) is 6.34. The minimum atomic E-state index is 0.228. The van der Waals surface area contributed by atoms with Crippen LogP contribution in [0.25, 0.3) is 0 Å². The van der Waals surface area contributed by atoms with Gasteiger partial charge in [-0.3, -0.25) is 4.79 Å². The molecule has 0 bridgehead atoms. The van der Waals surface area contributed by atoms with Crippen LogP contribution in [-0.4, -0.2) is 30.3 Å². The van der Waals surface area contributed by atoms with E-state index in [0.29, 0.717) is 24.0 Å². The highest BCUT2D eigenvalue weighted by Gasteiger charge is 2.34. The Balaban J connectivity index is 2.67. The largest absolute Gasteiger partial charge is 0.304 e. The first-order valence-corrected chi connectivity index (χ1v) is 6.90. The van der Waals surface area contributed by atoms with E-state index < -0.39 is 0 Å². The van der Waals surface area contributed by atoms with Crippen LogP contribution >= 0.6 is 0 Å². The third kappa shape index (κ3) is 3.67. The lowest BCUT2D eigenvalue weighted by atomic mass is 9.72. The predicted octanol–water partition coefficient (Wildman–Crippen LogP) is 3.14. The summed E-state index contributed by atoms with van der Waals surface area (Å²) in [5, 5.41) is 0. The summed E-state index contributed by atoms with van der Waals surface area (Å²) in [5.41, 5.74) is 1.18. The van der Waals surface area contributed by atoms with Gasteiger partial charge in [0.1, 0.15) is 5.78 Å². The molecule has 2 nitrogen and oxygen atoms in total. The van der Waals surface area contributed by atoms with Crippen LogP contribution in [0, 0.1) is 17.8 Å². The Kier molecular flexibility index (Phi) is 5.38. The summed E-state index contributed by atoms with van der Waals surface area (Å²) in [6.45, 7) is 15.8. The van der Waals surface area contributed by atoms with Gasteiger partial charge < -0.3 is 4.90 Å².